The fraction of sp³-hybridized carbons (Fsp3) is 0.308. The molecule has 0 aliphatic carbocycles. The number of ether oxygens (including phenoxy) is 3. The van der Waals surface area contributed by atoms with E-state index < -0.39 is 5.97 Å². The van der Waals surface area contributed by atoms with Crippen molar-refractivity contribution in [3.05, 3.63) is 77.1 Å². The summed E-state index contributed by atoms with van der Waals surface area (Å²) in [5.41, 5.74) is 3.23. The summed E-state index contributed by atoms with van der Waals surface area (Å²) in [6.07, 6.45) is 2.18. The summed E-state index contributed by atoms with van der Waals surface area (Å²) in [5, 5.41) is 6.26. The van der Waals surface area contributed by atoms with Crippen molar-refractivity contribution < 1.29 is 23.8 Å². The maximum atomic E-state index is 13.3. The number of nitrogens with one attached hydrogen (secondary N) is 2. The first-order chi connectivity index (χ1) is 16.5. The van der Waals surface area contributed by atoms with E-state index in [9.17, 15) is 9.59 Å². The number of benzene rings is 2. The lowest BCUT2D eigenvalue weighted by Crippen LogP contribution is -2.27. The quantitative estimate of drug-likeness (QED) is 0.412. The molecule has 0 atom stereocenters. The van der Waals surface area contributed by atoms with Crippen molar-refractivity contribution in [3.8, 4) is 11.5 Å². The zero-order valence-electron chi connectivity index (χ0n) is 20.0. The number of aromatic nitrogens is 1. The molecule has 1 amide bonds. The lowest BCUT2D eigenvalue weighted by atomic mass is 10.1. The van der Waals surface area contributed by atoms with Crippen LogP contribution >= 0.6 is 0 Å². The minimum absolute atomic E-state index is 0.259. The van der Waals surface area contributed by atoms with E-state index in [-0.39, 0.29) is 12.5 Å². The molecule has 3 rings (SSSR count). The number of anilines is 1. The lowest BCUT2D eigenvalue weighted by molar-refractivity contribution is 0.0525. The maximum absolute atomic E-state index is 13.3. The third kappa shape index (κ3) is 5.89. The zero-order chi connectivity index (χ0) is 24.5. The number of nitrogens with zero attached hydrogens (tertiary/aromatic N) is 1. The Hall–Kier alpha value is -3.94. The summed E-state index contributed by atoms with van der Waals surface area (Å²) < 4.78 is 17.4. The Morgan fingerprint density at radius 2 is 1.71 bits per heavy atom. The van der Waals surface area contributed by atoms with E-state index in [2.05, 4.69) is 10.6 Å². The van der Waals surface area contributed by atoms with Gasteiger partial charge < -0.3 is 29.4 Å². The first kappa shape index (κ1) is 24.7. The molecule has 0 saturated carbocycles. The Labute approximate surface area is 199 Å². The Morgan fingerprint density at radius 1 is 0.971 bits per heavy atom. The van der Waals surface area contributed by atoms with Crippen molar-refractivity contribution in [2.24, 2.45) is 0 Å². The molecule has 0 saturated heterocycles. The van der Waals surface area contributed by atoms with Crippen LogP contribution in [0.2, 0.25) is 0 Å². The van der Waals surface area contributed by atoms with Crippen molar-refractivity contribution in [2.75, 3.05) is 26.1 Å². The number of carbonyl (C=O) groups is 2. The molecule has 0 fully saturated rings. The van der Waals surface area contributed by atoms with Gasteiger partial charge in [-0.15, -0.1) is 0 Å². The standard InChI is InChI=1S/C26H31N3O5/c1-5-22-23(26(31)34-6-2)16-29(17-28-19-10-12-20(32-3)13-11-19)24(22)25(30)27-15-18-8-7-9-21(14-18)33-4/h7-14,16,28H,5-6,15,17H2,1-4H3,(H,27,30). The maximum Gasteiger partial charge on any atom is 0.339 e. The molecule has 1 heterocycles. The highest BCUT2D eigenvalue weighted by atomic mass is 16.5. The molecule has 1 aromatic heterocycles. The Morgan fingerprint density at radius 3 is 2.35 bits per heavy atom. The summed E-state index contributed by atoms with van der Waals surface area (Å²) in [4.78, 5) is 25.9. The van der Waals surface area contributed by atoms with Gasteiger partial charge in [-0.2, -0.15) is 0 Å². The highest BCUT2D eigenvalue weighted by Gasteiger charge is 2.25. The van der Waals surface area contributed by atoms with Crippen LogP contribution in [0, 0.1) is 0 Å². The largest absolute Gasteiger partial charge is 0.497 e. The first-order valence-corrected chi connectivity index (χ1v) is 11.2. The third-order valence-electron chi connectivity index (χ3n) is 5.38. The predicted octanol–water partition coefficient (Wildman–Crippen LogP) is 4.24. The molecule has 2 N–H and O–H groups in total. The van der Waals surface area contributed by atoms with Crippen LogP contribution in [-0.2, 0) is 24.4 Å². The highest BCUT2D eigenvalue weighted by molar-refractivity contribution is 6.00. The number of esters is 1. The first-order valence-electron chi connectivity index (χ1n) is 11.2. The summed E-state index contributed by atoms with van der Waals surface area (Å²) in [6.45, 7) is 4.55. The van der Waals surface area contributed by atoms with Gasteiger partial charge in [0, 0.05) is 18.4 Å². The van der Waals surface area contributed by atoms with E-state index in [1.807, 2.05) is 55.5 Å². The van der Waals surface area contributed by atoms with Crippen LogP contribution in [0.3, 0.4) is 0 Å². The fourth-order valence-electron chi connectivity index (χ4n) is 3.67. The van der Waals surface area contributed by atoms with Crippen molar-refractivity contribution in [3.63, 3.8) is 0 Å². The summed E-state index contributed by atoms with van der Waals surface area (Å²) in [5.74, 6) is 0.760. The van der Waals surface area contributed by atoms with Gasteiger partial charge in [-0.3, -0.25) is 4.79 Å². The summed E-state index contributed by atoms with van der Waals surface area (Å²) in [6, 6.07) is 15.0. The second-order valence-electron chi connectivity index (χ2n) is 7.51. The number of hydrogen-bond donors (Lipinski definition) is 2. The molecule has 180 valence electrons. The van der Waals surface area contributed by atoms with Crippen molar-refractivity contribution in [1.82, 2.24) is 9.88 Å². The molecule has 2 aromatic carbocycles. The number of hydrogen-bond acceptors (Lipinski definition) is 6. The van der Waals surface area contributed by atoms with E-state index in [1.54, 1.807) is 31.9 Å². The molecule has 0 bridgehead atoms. The smallest absolute Gasteiger partial charge is 0.339 e. The van der Waals surface area contributed by atoms with Gasteiger partial charge in [-0.05, 0) is 60.9 Å². The van der Waals surface area contributed by atoms with E-state index >= 15 is 0 Å². The molecule has 34 heavy (non-hydrogen) atoms. The van der Waals surface area contributed by atoms with Crippen LogP contribution in [0.4, 0.5) is 5.69 Å². The van der Waals surface area contributed by atoms with Gasteiger partial charge in [0.1, 0.15) is 17.2 Å². The molecule has 8 nitrogen and oxygen atoms in total. The van der Waals surface area contributed by atoms with Crippen molar-refractivity contribution in [2.45, 2.75) is 33.5 Å². The Balaban J connectivity index is 1.86. The molecule has 8 heteroatoms. The normalized spacial score (nSPS) is 10.5. The van der Waals surface area contributed by atoms with Gasteiger partial charge in [0.25, 0.3) is 5.91 Å². The summed E-state index contributed by atoms with van der Waals surface area (Å²) >= 11 is 0. The molecular formula is C26H31N3O5. The predicted molar refractivity (Wildman–Crippen MR) is 131 cm³/mol. The van der Waals surface area contributed by atoms with Crippen LogP contribution in [0.25, 0.3) is 0 Å². The highest BCUT2D eigenvalue weighted by Crippen LogP contribution is 2.22. The van der Waals surface area contributed by atoms with E-state index in [0.29, 0.717) is 36.5 Å². The molecule has 3 aromatic rings. The van der Waals surface area contributed by atoms with Gasteiger partial charge in [0.2, 0.25) is 0 Å². The minimum atomic E-state index is -0.440. The molecule has 0 aliphatic heterocycles. The minimum Gasteiger partial charge on any atom is -0.497 e. The van der Waals surface area contributed by atoms with Gasteiger partial charge in [0.05, 0.1) is 33.1 Å². The van der Waals surface area contributed by atoms with Crippen LogP contribution in [0.15, 0.2) is 54.7 Å². The van der Waals surface area contributed by atoms with Gasteiger partial charge >= 0.3 is 5.97 Å². The monoisotopic (exact) mass is 465 g/mol. The van der Waals surface area contributed by atoms with Crippen LogP contribution in [0.5, 0.6) is 11.5 Å². The number of rotatable bonds is 11. The average molecular weight is 466 g/mol. The summed E-state index contributed by atoms with van der Waals surface area (Å²) in [7, 11) is 3.21. The van der Waals surface area contributed by atoms with E-state index in [1.165, 1.54) is 0 Å². The number of amides is 1. The van der Waals surface area contributed by atoms with Crippen LogP contribution in [-0.4, -0.2) is 37.3 Å². The molecule has 0 spiro atoms. The van der Waals surface area contributed by atoms with Crippen LogP contribution < -0.4 is 20.1 Å². The van der Waals surface area contributed by atoms with Crippen molar-refractivity contribution >= 4 is 17.6 Å². The zero-order valence-corrected chi connectivity index (χ0v) is 20.0. The van der Waals surface area contributed by atoms with Gasteiger partial charge in [-0.25, -0.2) is 4.79 Å². The van der Waals surface area contributed by atoms with Crippen molar-refractivity contribution in [1.29, 1.82) is 0 Å². The van der Waals surface area contributed by atoms with E-state index in [0.717, 1.165) is 22.7 Å². The van der Waals surface area contributed by atoms with Gasteiger partial charge in [0.15, 0.2) is 0 Å². The third-order valence-corrected chi connectivity index (χ3v) is 5.38. The van der Waals surface area contributed by atoms with Gasteiger partial charge in [-0.1, -0.05) is 19.1 Å². The topological polar surface area (TPSA) is 90.8 Å². The molecule has 0 unspecified atom stereocenters. The fourth-order valence-corrected chi connectivity index (χ4v) is 3.67. The Kier molecular flexibility index (Phi) is 8.56. The average Bonchev–Trinajstić information content (AvgIpc) is 3.25. The SMILES string of the molecule is CCOC(=O)c1cn(CNc2ccc(OC)cc2)c(C(=O)NCc2cccc(OC)c2)c1CC. The lowest BCUT2D eigenvalue weighted by Gasteiger charge is -2.14. The molecule has 0 radical (unpaired) electrons. The number of carbonyl (C=O) groups excluding carboxylic acids is 2. The molecular weight excluding hydrogens is 434 g/mol. The second-order valence-corrected chi connectivity index (χ2v) is 7.51. The van der Waals surface area contributed by atoms with E-state index in [4.69, 9.17) is 14.2 Å². The van der Waals surface area contributed by atoms with Crippen LogP contribution in [0.1, 0.15) is 45.8 Å². The Bertz CT molecular complexity index is 1120. The molecule has 0 aliphatic rings. The number of methoxy groups -OCH3 is 2. The second kappa shape index (κ2) is 11.8.